The molecule has 0 atom stereocenters. The van der Waals surface area contributed by atoms with Crippen LogP contribution in [0.4, 0.5) is 13.2 Å². The largest absolute Gasteiger partial charge is 0.533 e. The van der Waals surface area contributed by atoms with Crippen LogP contribution in [0.15, 0.2) is 0 Å². The molecule has 0 unspecified atom stereocenters. The van der Waals surface area contributed by atoms with Gasteiger partial charge < -0.3 is 0 Å². The van der Waals surface area contributed by atoms with Crippen molar-refractivity contribution in [3.63, 3.8) is 0 Å². The second kappa shape index (κ2) is 6.86. The van der Waals surface area contributed by atoms with Crippen LogP contribution in [-0.4, -0.2) is 18.0 Å². The molecule has 0 aromatic heterocycles. The molecule has 0 saturated heterocycles. The Labute approximate surface area is 78.8 Å². The second-order valence-electron chi connectivity index (χ2n) is 2.10. The zero-order valence-corrected chi connectivity index (χ0v) is 7.94. The van der Waals surface area contributed by atoms with E-state index < -0.39 is 6.36 Å². The minimum absolute atomic E-state index is 0.358. The Bertz CT molecular complexity index is 109. The normalized spacial score (nSPS) is 12.0. The molecule has 0 rings (SSSR count). The van der Waals surface area contributed by atoms with Gasteiger partial charge in [-0.25, -0.2) is 4.18 Å². The molecule has 1 nitrogen and oxygen atoms in total. The van der Waals surface area contributed by atoms with E-state index in [0.29, 0.717) is 30.1 Å². The molecule has 0 aliphatic rings. The predicted octanol–water partition coefficient (Wildman–Crippen LogP) is 3.58. The van der Waals surface area contributed by atoms with Gasteiger partial charge in [0, 0.05) is 23.7 Å². The van der Waals surface area contributed by atoms with E-state index in [1.165, 1.54) is 0 Å². The first-order valence-electron chi connectivity index (χ1n) is 3.49. The SMILES string of the molecule is FC(F)(F)OSCCCCCCl. The molecule has 0 amide bonds. The number of alkyl halides is 4. The fraction of sp³-hybridized carbons (Fsp3) is 1.00. The van der Waals surface area contributed by atoms with Gasteiger partial charge in [-0.15, -0.1) is 24.8 Å². The molecule has 0 aliphatic carbocycles. The van der Waals surface area contributed by atoms with Crippen LogP contribution in [0.3, 0.4) is 0 Å². The molecule has 0 aromatic carbocycles. The first-order valence-corrected chi connectivity index (χ1v) is 4.94. The van der Waals surface area contributed by atoms with E-state index in [9.17, 15) is 13.2 Å². The van der Waals surface area contributed by atoms with Gasteiger partial charge in [0.25, 0.3) is 0 Å². The summed E-state index contributed by atoms with van der Waals surface area (Å²) >= 11 is 5.81. The summed E-state index contributed by atoms with van der Waals surface area (Å²) in [6.07, 6.45) is -2.13. The van der Waals surface area contributed by atoms with Crippen LogP contribution in [0.1, 0.15) is 19.3 Å². The molecule has 0 bridgehead atoms. The summed E-state index contributed by atoms with van der Waals surface area (Å²) < 4.78 is 37.6. The van der Waals surface area contributed by atoms with Crippen molar-refractivity contribution in [2.45, 2.75) is 25.6 Å². The van der Waals surface area contributed by atoms with Gasteiger partial charge in [-0.1, -0.05) is 6.42 Å². The Morgan fingerprint density at radius 1 is 1.17 bits per heavy atom. The molecular weight excluding hydrogens is 213 g/mol. The molecule has 0 fully saturated rings. The Morgan fingerprint density at radius 3 is 2.33 bits per heavy atom. The van der Waals surface area contributed by atoms with Crippen molar-refractivity contribution in [3.8, 4) is 0 Å². The summed E-state index contributed by atoms with van der Waals surface area (Å²) in [5, 5.41) is 0. The lowest BCUT2D eigenvalue weighted by Crippen LogP contribution is -2.08. The highest BCUT2D eigenvalue weighted by molar-refractivity contribution is 7.94. The molecule has 12 heavy (non-hydrogen) atoms. The average molecular weight is 223 g/mol. The molecule has 74 valence electrons. The molecular formula is C6H10ClF3OS. The summed E-state index contributed by atoms with van der Waals surface area (Å²) in [5.41, 5.74) is 0. The first-order chi connectivity index (χ1) is 5.56. The van der Waals surface area contributed by atoms with Crippen LogP contribution in [-0.2, 0) is 4.18 Å². The Morgan fingerprint density at radius 2 is 1.83 bits per heavy atom. The maximum atomic E-state index is 11.4. The van der Waals surface area contributed by atoms with Gasteiger partial charge in [-0.2, -0.15) is 0 Å². The van der Waals surface area contributed by atoms with Gasteiger partial charge in [0.15, 0.2) is 0 Å². The van der Waals surface area contributed by atoms with Crippen LogP contribution in [0, 0.1) is 0 Å². The number of rotatable bonds is 6. The van der Waals surface area contributed by atoms with Crippen molar-refractivity contribution in [2.24, 2.45) is 0 Å². The highest BCUT2D eigenvalue weighted by Gasteiger charge is 2.29. The Kier molecular flexibility index (Phi) is 7.08. The third-order valence-electron chi connectivity index (χ3n) is 1.01. The van der Waals surface area contributed by atoms with Crippen molar-refractivity contribution < 1.29 is 17.4 Å². The molecule has 0 saturated carbocycles. The van der Waals surface area contributed by atoms with Crippen LogP contribution < -0.4 is 0 Å². The fourth-order valence-electron chi connectivity index (χ4n) is 0.541. The highest BCUT2D eigenvalue weighted by Crippen LogP contribution is 2.23. The molecule has 0 aliphatic heterocycles. The van der Waals surface area contributed by atoms with E-state index in [1.807, 2.05) is 0 Å². The highest BCUT2D eigenvalue weighted by atomic mass is 35.5. The average Bonchev–Trinajstić information content (AvgIpc) is 1.94. The summed E-state index contributed by atoms with van der Waals surface area (Å²) in [7, 11) is 0. The third-order valence-corrected chi connectivity index (χ3v) is 2.04. The maximum Gasteiger partial charge on any atom is 0.533 e. The van der Waals surface area contributed by atoms with Crippen molar-refractivity contribution >= 4 is 23.6 Å². The van der Waals surface area contributed by atoms with Gasteiger partial charge >= 0.3 is 6.36 Å². The lowest BCUT2D eigenvalue weighted by atomic mass is 10.3. The first kappa shape index (κ1) is 12.4. The third kappa shape index (κ3) is 10.4. The Hall–Kier alpha value is 0.390. The maximum absolute atomic E-state index is 11.4. The van der Waals surface area contributed by atoms with Gasteiger partial charge in [-0.05, 0) is 12.8 Å². The quantitative estimate of drug-likeness (QED) is 0.386. The van der Waals surface area contributed by atoms with Gasteiger partial charge in [0.05, 0.1) is 0 Å². The smallest absolute Gasteiger partial charge is 0.220 e. The molecule has 6 heteroatoms. The van der Waals surface area contributed by atoms with E-state index >= 15 is 0 Å². The minimum atomic E-state index is -4.52. The van der Waals surface area contributed by atoms with Gasteiger partial charge in [-0.3, -0.25) is 0 Å². The van der Waals surface area contributed by atoms with Crippen LogP contribution >= 0.6 is 23.6 Å². The topological polar surface area (TPSA) is 9.23 Å². The van der Waals surface area contributed by atoms with Crippen LogP contribution in [0.2, 0.25) is 0 Å². The lowest BCUT2D eigenvalue weighted by molar-refractivity contribution is -0.266. The molecule has 0 N–H and O–H groups in total. The van der Waals surface area contributed by atoms with Crippen LogP contribution in [0.25, 0.3) is 0 Å². The van der Waals surface area contributed by atoms with Crippen molar-refractivity contribution in [2.75, 3.05) is 11.6 Å². The zero-order valence-electron chi connectivity index (χ0n) is 6.36. The van der Waals surface area contributed by atoms with Crippen molar-refractivity contribution in [1.29, 1.82) is 0 Å². The zero-order chi connectivity index (χ0) is 9.45. The van der Waals surface area contributed by atoms with E-state index in [0.717, 1.165) is 12.8 Å². The number of hydrogen-bond donors (Lipinski definition) is 0. The standard InChI is InChI=1S/C6H10ClF3OS/c7-4-2-1-3-5-12-11-6(8,9)10/h1-5H2. The summed E-state index contributed by atoms with van der Waals surface area (Å²) in [4.78, 5) is 0. The number of hydrogen-bond acceptors (Lipinski definition) is 2. The minimum Gasteiger partial charge on any atom is -0.220 e. The van der Waals surface area contributed by atoms with Gasteiger partial charge in [0.2, 0.25) is 0 Å². The lowest BCUT2D eigenvalue weighted by Gasteiger charge is -2.04. The van der Waals surface area contributed by atoms with Crippen LogP contribution in [0.5, 0.6) is 0 Å². The van der Waals surface area contributed by atoms with Crippen molar-refractivity contribution in [1.82, 2.24) is 0 Å². The summed E-state index contributed by atoms with van der Waals surface area (Å²) in [6.45, 7) is 0. The Balaban J connectivity index is 3.01. The summed E-state index contributed by atoms with van der Waals surface area (Å²) in [6, 6.07) is 0. The summed E-state index contributed by atoms with van der Waals surface area (Å²) in [5.74, 6) is 0.918. The van der Waals surface area contributed by atoms with E-state index in [4.69, 9.17) is 11.6 Å². The predicted molar refractivity (Wildman–Crippen MR) is 44.2 cm³/mol. The monoisotopic (exact) mass is 222 g/mol. The van der Waals surface area contributed by atoms with E-state index in [1.54, 1.807) is 0 Å². The van der Waals surface area contributed by atoms with Crippen molar-refractivity contribution in [3.05, 3.63) is 0 Å². The number of halogens is 4. The van der Waals surface area contributed by atoms with E-state index in [2.05, 4.69) is 4.18 Å². The number of unbranched alkanes of at least 4 members (excludes halogenated alkanes) is 2. The molecule has 0 spiro atoms. The molecule has 0 aromatic rings. The van der Waals surface area contributed by atoms with Gasteiger partial charge in [0.1, 0.15) is 0 Å². The fourth-order valence-corrected chi connectivity index (χ4v) is 1.27. The second-order valence-corrected chi connectivity index (χ2v) is 3.29. The van der Waals surface area contributed by atoms with E-state index in [-0.39, 0.29) is 0 Å². The molecule has 0 heterocycles. The molecule has 0 radical (unpaired) electrons.